The molecule has 1 aromatic carbocycles. The Morgan fingerprint density at radius 3 is 2.56 bits per heavy atom. The van der Waals surface area contributed by atoms with Gasteiger partial charge in [0, 0.05) is 27.3 Å². The van der Waals surface area contributed by atoms with Crippen molar-refractivity contribution in [2.24, 2.45) is 5.92 Å². The van der Waals surface area contributed by atoms with E-state index in [9.17, 15) is 14.0 Å². The lowest BCUT2D eigenvalue weighted by Gasteiger charge is -2.39. The molecule has 0 radical (unpaired) electrons. The van der Waals surface area contributed by atoms with Crippen LogP contribution in [0.2, 0.25) is 0 Å². The fourth-order valence-corrected chi connectivity index (χ4v) is 3.12. The van der Waals surface area contributed by atoms with Crippen LogP contribution < -0.4 is 5.32 Å². The van der Waals surface area contributed by atoms with Crippen molar-refractivity contribution in [1.82, 2.24) is 10.2 Å². The molecule has 0 aliphatic carbocycles. The SMILES string of the molecule is COCCNC(=O)C1CCC(c2ccc(F)cc2)N(C(=O)COC)C1. The Morgan fingerprint density at radius 1 is 1.20 bits per heavy atom. The van der Waals surface area contributed by atoms with Crippen LogP contribution in [-0.4, -0.2) is 57.2 Å². The fourth-order valence-electron chi connectivity index (χ4n) is 3.12. The van der Waals surface area contributed by atoms with E-state index >= 15 is 0 Å². The molecule has 2 rings (SSSR count). The number of nitrogens with one attached hydrogen (secondary N) is 1. The maximum absolute atomic E-state index is 13.2. The Kier molecular flexibility index (Phi) is 7.33. The number of carbonyl (C=O) groups excluding carboxylic acids is 2. The van der Waals surface area contributed by atoms with E-state index in [4.69, 9.17) is 9.47 Å². The van der Waals surface area contributed by atoms with Gasteiger partial charge in [-0.2, -0.15) is 0 Å². The molecule has 1 fully saturated rings. The number of nitrogens with zero attached hydrogens (tertiary/aromatic N) is 1. The minimum atomic E-state index is -0.315. The highest BCUT2D eigenvalue weighted by molar-refractivity contribution is 5.82. The van der Waals surface area contributed by atoms with Crippen LogP contribution in [0.15, 0.2) is 24.3 Å². The molecule has 0 aromatic heterocycles. The first-order valence-electron chi connectivity index (χ1n) is 8.37. The zero-order chi connectivity index (χ0) is 18.2. The highest BCUT2D eigenvalue weighted by Gasteiger charge is 2.35. The van der Waals surface area contributed by atoms with Crippen molar-refractivity contribution in [3.8, 4) is 0 Å². The van der Waals surface area contributed by atoms with E-state index in [1.807, 2.05) is 0 Å². The van der Waals surface area contributed by atoms with Gasteiger partial charge in [-0.25, -0.2) is 4.39 Å². The minimum absolute atomic E-state index is 0.0459. The van der Waals surface area contributed by atoms with E-state index in [1.54, 1.807) is 24.1 Å². The first-order valence-corrected chi connectivity index (χ1v) is 8.37. The van der Waals surface area contributed by atoms with Gasteiger partial charge in [0.15, 0.2) is 0 Å². The van der Waals surface area contributed by atoms with Gasteiger partial charge in [-0.1, -0.05) is 12.1 Å². The predicted molar refractivity (Wildman–Crippen MR) is 90.3 cm³/mol. The number of amides is 2. The number of carbonyl (C=O) groups is 2. The lowest BCUT2D eigenvalue weighted by Crippen LogP contribution is -2.48. The molecule has 138 valence electrons. The largest absolute Gasteiger partial charge is 0.383 e. The van der Waals surface area contributed by atoms with Crippen LogP contribution in [0.25, 0.3) is 0 Å². The quantitative estimate of drug-likeness (QED) is 0.756. The molecule has 1 N–H and O–H groups in total. The summed E-state index contributed by atoms with van der Waals surface area (Å²) in [5.41, 5.74) is 0.865. The summed E-state index contributed by atoms with van der Waals surface area (Å²) in [5, 5.41) is 2.82. The normalized spacial score (nSPS) is 20.4. The summed E-state index contributed by atoms with van der Waals surface area (Å²) >= 11 is 0. The summed E-state index contributed by atoms with van der Waals surface area (Å²) < 4.78 is 23.1. The second-order valence-electron chi connectivity index (χ2n) is 6.10. The predicted octanol–water partition coefficient (Wildman–Crippen LogP) is 1.51. The Balaban J connectivity index is 2.10. The number of ether oxygens (including phenoxy) is 2. The van der Waals surface area contributed by atoms with Crippen molar-refractivity contribution in [1.29, 1.82) is 0 Å². The lowest BCUT2D eigenvalue weighted by molar-refractivity contribution is -0.142. The summed E-state index contributed by atoms with van der Waals surface area (Å²) in [6.45, 7) is 1.17. The number of piperidine rings is 1. The second kappa shape index (κ2) is 9.48. The highest BCUT2D eigenvalue weighted by Crippen LogP contribution is 2.33. The molecule has 1 heterocycles. The van der Waals surface area contributed by atoms with Crippen molar-refractivity contribution in [2.45, 2.75) is 18.9 Å². The summed E-state index contributed by atoms with van der Waals surface area (Å²) in [7, 11) is 3.04. The molecule has 1 aliphatic rings. The topological polar surface area (TPSA) is 67.9 Å². The highest BCUT2D eigenvalue weighted by atomic mass is 19.1. The molecule has 2 atom stereocenters. The van der Waals surface area contributed by atoms with Gasteiger partial charge in [0.05, 0.1) is 18.6 Å². The van der Waals surface area contributed by atoms with E-state index in [2.05, 4.69) is 5.32 Å². The molecule has 1 aromatic rings. The molecule has 1 saturated heterocycles. The molecule has 0 saturated carbocycles. The van der Waals surface area contributed by atoms with Crippen molar-refractivity contribution < 1.29 is 23.5 Å². The standard InChI is InChI=1S/C18H25FN2O4/c1-24-10-9-20-18(23)14-5-8-16(13-3-6-15(19)7-4-13)21(11-14)17(22)12-25-2/h3-4,6-7,14,16H,5,8-12H2,1-2H3,(H,20,23). The summed E-state index contributed by atoms with van der Waals surface area (Å²) in [6.07, 6.45) is 1.31. The van der Waals surface area contributed by atoms with Gasteiger partial charge in [0.25, 0.3) is 0 Å². The number of benzene rings is 1. The van der Waals surface area contributed by atoms with Gasteiger partial charge in [0.2, 0.25) is 11.8 Å². The van der Waals surface area contributed by atoms with Gasteiger partial charge in [0.1, 0.15) is 12.4 Å². The molecular formula is C18H25FN2O4. The Hall–Kier alpha value is -1.99. The number of methoxy groups -OCH3 is 2. The average molecular weight is 352 g/mol. The maximum atomic E-state index is 13.2. The maximum Gasteiger partial charge on any atom is 0.249 e. The van der Waals surface area contributed by atoms with Crippen molar-refractivity contribution in [3.63, 3.8) is 0 Å². The number of hydrogen-bond acceptors (Lipinski definition) is 4. The fraction of sp³-hybridized carbons (Fsp3) is 0.556. The number of halogens is 1. The van der Waals surface area contributed by atoms with Gasteiger partial charge in [-0.15, -0.1) is 0 Å². The Bertz CT molecular complexity index is 579. The number of rotatable bonds is 7. The van der Waals surface area contributed by atoms with Crippen LogP contribution in [0.5, 0.6) is 0 Å². The van der Waals surface area contributed by atoms with Crippen LogP contribution in [-0.2, 0) is 19.1 Å². The zero-order valence-electron chi connectivity index (χ0n) is 14.7. The molecule has 2 unspecified atom stereocenters. The van der Waals surface area contributed by atoms with Gasteiger partial charge in [-0.05, 0) is 30.5 Å². The molecule has 0 spiro atoms. The van der Waals surface area contributed by atoms with E-state index < -0.39 is 0 Å². The van der Waals surface area contributed by atoms with E-state index in [1.165, 1.54) is 19.2 Å². The van der Waals surface area contributed by atoms with E-state index in [0.29, 0.717) is 32.5 Å². The Morgan fingerprint density at radius 2 is 1.92 bits per heavy atom. The summed E-state index contributed by atoms with van der Waals surface area (Å²) in [4.78, 5) is 26.4. The summed E-state index contributed by atoms with van der Waals surface area (Å²) in [6, 6.07) is 5.97. The molecule has 25 heavy (non-hydrogen) atoms. The number of hydrogen-bond donors (Lipinski definition) is 1. The van der Waals surface area contributed by atoms with Gasteiger partial charge >= 0.3 is 0 Å². The van der Waals surface area contributed by atoms with Crippen LogP contribution in [0, 0.1) is 11.7 Å². The van der Waals surface area contributed by atoms with E-state index in [0.717, 1.165) is 5.56 Å². The van der Waals surface area contributed by atoms with Crippen molar-refractivity contribution in [2.75, 3.05) is 40.5 Å². The first kappa shape index (κ1) is 19.3. The third-order valence-corrected chi connectivity index (χ3v) is 4.40. The van der Waals surface area contributed by atoms with E-state index in [-0.39, 0.29) is 36.2 Å². The molecule has 6 nitrogen and oxygen atoms in total. The lowest BCUT2D eigenvalue weighted by atomic mass is 9.88. The van der Waals surface area contributed by atoms with Crippen molar-refractivity contribution in [3.05, 3.63) is 35.6 Å². The smallest absolute Gasteiger partial charge is 0.249 e. The summed E-state index contributed by atoms with van der Waals surface area (Å²) in [5.74, 6) is -0.838. The number of likely N-dealkylation sites (tertiary alicyclic amines) is 1. The van der Waals surface area contributed by atoms with Crippen LogP contribution in [0.3, 0.4) is 0 Å². The molecule has 1 aliphatic heterocycles. The van der Waals surface area contributed by atoms with Crippen LogP contribution in [0.4, 0.5) is 4.39 Å². The van der Waals surface area contributed by atoms with Crippen molar-refractivity contribution >= 4 is 11.8 Å². The monoisotopic (exact) mass is 352 g/mol. The van der Waals surface area contributed by atoms with Gasteiger partial charge < -0.3 is 19.7 Å². The molecular weight excluding hydrogens is 327 g/mol. The zero-order valence-corrected chi connectivity index (χ0v) is 14.7. The third-order valence-electron chi connectivity index (χ3n) is 4.40. The first-order chi connectivity index (χ1) is 12.1. The Labute approximate surface area is 147 Å². The molecule has 2 amide bonds. The average Bonchev–Trinajstić information content (AvgIpc) is 2.62. The molecule has 0 bridgehead atoms. The van der Waals surface area contributed by atoms with Gasteiger partial charge in [-0.3, -0.25) is 9.59 Å². The molecule has 7 heteroatoms. The second-order valence-corrected chi connectivity index (χ2v) is 6.10. The third kappa shape index (κ3) is 5.24. The van der Waals surface area contributed by atoms with Crippen LogP contribution in [0.1, 0.15) is 24.4 Å². The minimum Gasteiger partial charge on any atom is -0.383 e. The van der Waals surface area contributed by atoms with Crippen LogP contribution >= 0.6 is 0 Å².